The van der Waals surface area contributed by atoms with E-state index in [2.05, 4.69) is 0 Å². The summed E-state index contributed by atoms with van der Waals surface area (Å²) in [5.74, 6) is 0.0773. The SMILES string of the molecule is CC(C)COC(=O)C(C)OI. The lowest BCUT2D eigenvalue weighted by molar-refractivity contribution is -0.150. The Kier molecular flexibility index (Phi) is 5.85. The predicted octanol–water partition coefficient (Wildman–Crippen LogP) is 1.94. The fourth-order valence-corrected chi connectivity index (χ4v) is 0.610. The molecule has 0 heterocycles. The Morgan fingerprint density at radius 3 is 2.36 bits per heavy atom. The van der Waals surface area contributed by atoms with Gasteiger partial charge in [-0.15, -0.1) is 0 Å². The Hall–Kier alpha value is 0.160. The molecule has 4 heteroatoms. The molecule has 3 nitrogen and oxygen atoms in total. The molecule has 1 unspecified atom stereocenters. The van der Waals surface area contributed by atoms with Crippen LogP contribution in [-0.4, -0.2) is 18.7 Å². The third-order valence-corrected chi connectivity index (χ3v) is 1.79. The summed E-state index contributed by atoms with van der Waals surface area (Å²) >= 11 is 1.68. The first-order valence-electron chi connectivity index (χ1n) is 3.52. The van der Waals surface area contributed by atoms with Gasteiger partial charge in [0, 0.05) is 0 Å². The molecule has 0 radical (unpaired) electrons. The van der Waals surface area contributed by atoms with Gasteiger partial charge in [0.25, 0.3) is 0 Å². The van der Waals surface area contributed by atoms with Gasteiger partial charge in [-0.1, -0.05) is 13.8 Å². The smallest absolute Gasteiger partial charge is 0.336 e. The largest absolute Gasteiger partial charge is 0.463 e. The maximum absolute atomic E-state index is 10.9. The quantitative estimate of drug-likeness (QED) is 0.579. The van der Waals surface area contributed by atoms with E-state index in [4.69, 9.17) is 7.80 Å². The van der Waals surface area contributed by atoms with Gasteiger partial charge in [0.05, 0.1) is 6.61 Å². The zero-order valence-corrected chi connectivity index (χ0v) is 9.12. The zero-order chi connectivity index (χ0) is 8.85. The van der Waals surface area contributed by atoms with Gasteiger partial charge in [-0.05, 0) is 12.8 Å². The van der Waals surface area contributed by atoms with E-state index >= 15 is 0 Å². The van der Waals surface area contributed by atoms with Gasteiger partial charge < -0.3 is 7.80 Å². The molecule has 0 saturated carbocycles. The van der Waals surface area contributed by atoms with Crippen LogP contribution in [0.2, 0.25) is 0 Å². The molecule has 0 rings (SSSR count). The van der Waals surface area contributed by atoms with E-state index in [1.54, 1.807) is 29.9 Å². The molecule has 11 heavy (non-hydrogen) atoms. The summed E-state index contributed by atoms with van der Waals surface area (Å²) < 4.78 is 9.63. The summed E-state index contributed by atoms with van der Waals surface area (Å²) in [6.45, 7) is 6.10. The zero-order valence-electron chi connectivity index (χ0n) is 6.96. The summed E-state index contributed by atoms with van der Waals surface area (Å²) in [5, 5.41) is 0. The molecule has 0 amide bonds. The van der Waals surface area contributed by atoms with Crippen LogP contribution in [0.3, 0.4) is 0 Å². The molecule has 0 N–H and O–H groups in total. The Bertz CT molecular complexity index is 125. The molecule has 1 atom stereocenters. The molecule has 0 aromatic heterocycles. The molecular formula is C7H13IO3. The van der Waals surface area contributed by atoms with E-state index in [9.17, 15) is 4.79 Å². The van der Waals surface area contributed by atoms with E-state index in [0.717, 1.165) is 0 Å². The van der Waals surface area contributed by atoms with E-state index in [0.29, 0.717) is 12.5 Å². The molecule has 0 aromatic carbocycles. The fourth-order valence-electron chi connectivity index (χ4n) is 0.403. The molecule has 0 fully saturated rings. The van der Waals surface area contributed by atoms with Crippen molar-refractivity contribution in [3.05, 3.63) is 0 Å². The minimum Gasteiger partial charge on any atom is -0.463 e. The second kappa shape index (κ2) is 5.77. The lowest BCUT2D eigenvalue weighted by Gasteiger charge is -2.09. The first-order chi connectivity index (χ1) is 5.07. The number of hydrogen-bond acceptors (Lipinski definition) is 3. The van der Waals surface area contributed by atoms with Gasteiger partial charge in [0.15, 0.2) is 6.10 Å². The second-order valence-electron chi connectivity index (χ2n) is 2.76. The van der Waals surface area contributed by atoms with Crippen LogP contribution in [0.5, 0.6) is 0 Å². The summed E-state index contributed by atoms with van der Waals surface area (Å²) in [6, 6.07) is 0. The van der Waals surface area contributed by atoms with Gasteiger partial charge >= 0.3 is 5.97 Å². The molecule has 0 spiro atoms. The highest BCUT2D eigenvalue weighted by Gasteiger charge is 2.13. The minimum absolute atomic E-state index is 0.298. The van der Waals surface area contributed by atoms with Crippen molar-refractivity contribution in [1.29, 1.82) is 0 Å². The van der Waals surface area contributed by atoms with Crippen molar-refractivity contribution in [3.63, 3.8) is 0 Å². The number of esters is 1. The third kappa shape index (κ3) is 5.43. The van der Waals surface area contributed by atoms with E-state index in [1.807, 2.05) is 13.8 Å². The Morgan fingerprint density at radius 1 is 1.45 bits per heavy atom. The summed E-state index contributed by atoms with van der Waals surface area (Å²) in [4.78, 5) is 10.9. The van der Waals surface area contributed by atoms with E-state index in [1.165, 1.54) is 0 Å². The van der Waals surface area contributed by atoms with Crippen molar-refractivity contribution in [3.8, 4) is 0 Å². The average Bonchev–Trinajstić information content (AvgIpc) is 1.98. The number of ether oxygens (including phenoxy) is 1. The van der Waals surface area contributed by atoms with Gasteiger partial charge in [-0.3, -0.25) is 0 Å². The van der Waals surface area contributed by atoms with Gasteiger partial charge in [-0.2, -0.15) is 0 Å². The van der Waals surface area contributed by atoms with Crippen molar-refractivity contribution in [1.82, 2.24) is 0 Å². The van der Waals surface area contributed by atoms with Crippen molar-refractivity contribution >= 4 is 29.0 Å². The summed E-state index contributed by atoms with van der Waals surface area (Å²) in [7, 11) is 0. The predicted molar refractivity (Wildman–Crippen MR) is 50.4 cm³/mol. The second-order valence-corrected chi connectivity index (χ2v) is 3.26. The molecule has 0 aromatic rings. The summed E-state index contributed by atoms with van der Waals surface area (Å²) in [5.41, 5.74) is 0. The molecular weight excluding hydrogens is 259 g/mol. The molecule has 0 aliphatic rings. The molecule has 0 saturated heterocycles. The maximum atomic E-state index is 10.9. The number of carbonyl (C=O) groups is 1. The van der Waals surface area contributed by atoms with Crippen LogP contribution in [-0.2, 0) is 12.6 Å². The van der Waals surface area contributed by atoms with Crippen LogP contribution in [0.25, 0.3) is 0 Å². The topological polar surface area (TPSA) is 35.5 Å². The Morgan fingerprint density at radius 2 is 2.00 bits per heavy atom. The van der Waals surface area contributed by atoms with Gasteiger partial charge in [0.2, 0.25) is 0 Å². The highest BCUT2D eigenvalue weighted by atomic mass is 127. The van der Waals surface area contributed by atoms with Crippen molar-refractivity contribution in [2.24, 2.45) is 5.92 Å². The number of rotatable bonds is 4. The van der Waals surface area contributed by atoms with Gasteiger partial charge in [-0.25, -0.2) is 4.79 Å². The van der Waals surface area contributed by atoms with E-state index in [-0.39, 0.29) is 5.97 Å². The van der Waals surface area contributed by atoms with Crippen LogP contribution >= 0.6 is 23.0 Å². The maximum Gasteiger partial charge on any atom is 0.336 e. The van der Waals surface area contributed by atoms with Crippen LogP contribution in [0.4, 0.5) is 0 Å². The van der Waals surface area contributed by atoms with Crippen molar-refractivity contribution in [2.45, 2.75) is 26.9 Å². The fraction of sp³-hybridized carbons (Fsp3) is 0.857. The average molecular weight is 272 g/mol. The van der Waals surface area contributed by atoms with Gasteiger partial charge in [0.1, 0.15) is 23.0 Å². The van der Waals surface area contributed by atoms with Crippen molar-refractivity contribution < 1.29 is 12.6 Å². The van der Waals surface area contributed by atoms with E-state index < -0.39 is 6.10 Å². The molecule has 0 aliphatic heterocycles. The standard InChI is InChI=1S/C7H13IO3/c1-5(2)4-10-7(9)6(3)11-8/h5-6H,4H2,1-3H3. The first-order valence-corrected chi connectivity index (χ1v) is 4.40. The van der Waals surface area contributed by atoms with Crippen LogP contribution in [0.15, 0.2) is 0 Å². The normalized spacial score (nSPS) is 13.2. The Balaban J connectivity index is 3.52. The number of halogens is 1. The molecule has 0 aliphatic carbocycles. The highest BCUT2D eigenvalue weighted by molar-refractivity contribution is 14.1. The Labute approximate surface area is 81.1 Å². The number of hydrogen-bond donors (Lipinski definition) is 0. The molecule has 66 valence electrons. The van der Waals surface area contributed by atoms with Crippen LogP contribution in [0, 0.1) is 5.92 Å². The summed E-state index contributed by atoms with van der Waals surface area (Å²) in [6.07, 6.45) is -0.464. The van der Waals surface area contributed by atoms with Crippen LogP contribution in [0.1, 0.15) is 20.8 Å². The monoisotopic (exact) mass is 272 g/mol. The number of carbonyl (C=O) groups excluding carboxylic acids is 1. The highest BCUT2D eigenvalue weighted by Crippen LogP contribution is 2.01. The lowest BCUT2D eigenvalue weighted by Crippen LogP contribution is -2.21. The minimum atomic E-state index is -0.464. The van der Waals surface area contributed by atoms with Crippen molar-refractivity contribution in [2.75, 3.05) is 6.61 Å². The molecule has 0 bridgehead atoms. The first kappa shape index (κ1) is 11.2. The lowest BCUT2D eigenvalue weighted by atomic mass is 10.2. The third-order valence-electron chi connectivity index (χ3n) is 1.02. The van der Waals surface area contributed by atoms with Crippen LogP contribution < -0.4 is 0 Å².